The van der Waals surface area contributed by atoms with Crippen LogP contribution in [0.2, 0.25) is 0 Å². The second-order valence-corrected chi connectivity index (χ2v) is 8.50. The zero-order valence-corrected chi connectivity index (χ0v) is 15.7. The van der Waals surface area contributed by atoms with E-state index >= 15 is 0 Å². The molecule has 3 heteroatoms. The van der Waals surface area contributed by atoms with Gasteiger partial charge in [-0.1, -0.05) is 42.5 Å². The largest absolute Gasteiger partial charge is 0.508 e. The summed E-state index contributed by atoms with van der Waals surface area (Å²) >= 11 is 1.95. The fourth-order valence-electron chi connectivity index (χ4n) is 3.75. The van der Waals surface area contributed by atoms with E-state index in [4.69, 9.17) is 0 Å². The Morgan fingerprint density at radius 3 is 2.62 bits per heavy atom. The number of hydrogen-bond donors (Lipinski definition) is 2. The number of nitrogens with one attached hydrogen (secondary N) is 1. The molecule has 1 saturated heterocycles. The highest BCUT2D eigenvalue weighted by molar-refractivity contribution is 8.00. The highest BCUT2D eigenvalue weighted by atomic mass is 32.2. The number of aromatic hydroxyl groups is 1. The summed E-state index contributed by atoms with van der Waals surface area (Å²) in [6, 6.07) is 23.6. The average Bonchev–Trinajstić information content (AvgIpc) is 2.68. The van der Waals surface area contributed by atoms with Crippen LogP contribution in [0.4, 0.5) is 0 Å². The van der Waals surface area contributed by atoms with Gasteiger partial charge in [0.05, 0.1) is 0 Å². The molecule has 0 aliphatic carbocycles. The van der Waals surface area contributed by atoms with Crippen LogP contribution in [0, 0.1) is 0 Å². The van der Waals surface area contributed by atoms with Gasteiger partial charge in [0.15, 0.2) is 0 Å². The first-order chi connectivity index (χ1) is 12.8. The number of piperidine rings is 1. The normalized spacial score (nSPS) is 20.3. The molecule has 2 nitrogen and oxygen atoms in total. The van der Waals surface area contributed by atoms with E-state index in [1.165, 1.54) is 40.5 Å². The summed E-state index contributed by atoms with van der Waals surface area (Å²) in [6.45, 7) is 1.10. The molecule has 2 atom stereocenters. The van der Waals surface area contributed by atoms with Gasteiger partial charge in [-0.3, -0.25) is 0 Å². The zero-order valence-electron chi connectivity index (χ0n) is 14.9. The van der Waals surface area contributed by atoms with Crippen LogP contribution >= 0.6 is 11.8 Å². The summed E-state index contributed by atoms with van der Waals surface area (Å²) in [6.07, 6.45) is 4.72. The van der Waals surface area contributed by atoms with Gasteiger partial charge in [0.25, 0.3) is 0 Å². The van der Waals surface area contributed by atoms with Crippen LogP contribution in [0.25, 0.3) is 10.8 Å². The lowest BCUT2D eigenvalue weighted by Crippen LogP contribution is -2.39. The number of phenolic OH excluding ortho intramolecular Hbond substituents is 1. The Labute approximate surface area is 159 Å². The van der Waals surface area contributed by atoms with E-state index < -0.39 is 0 Å². The van der Waals surface area contributed by atoms with Gasteiger partial charge in [-0.25, -0.2) is 0 Å². The van der Waals surface area contributed by atoms with Crippen molar-refractivity contribution in [3.05, 3.63) is 72.3 Å². The van der Waals surface area contributed by atoms with Gasteiger partial charge in [-0.2, -0.15) is 0 Å². The molecular weight excluding hydrogens is 338 g/mol. The molecule has 0 bridgehead atoms. The average molecular weight is 364 g/mol. The summed E-state index contributed by atoms with van der Waals surface area (Å²) in [5.41, 5.74) is 1.43. The summed E-state index contributed by atoms with van der Waals surface area (Å²) in [4.78, 5) is 1.25. The Hall–Kier alpha value is -1.97. The molecule has 26 heavy (non-hydrogen) atoms. The molecule has 0 aromatic heterocycles. The number of rotatable bonds is 5. The van der Waals surface area contributed by atoms with Crippen LogP contribution < -0.4 is 5.32 Å². The third-order valence-electron chi connectivity index (χ3n) is 5.18. The zero-order chi connectivity index (χ0) is 17.8. The maximum Gasteiger partial charge on any atom is 0.115 e. The van der Waals surface area contributed by atoms with E-state index in [1.807, 2.05) is 23.9 Å². The van der Waals surface area contributed by atoms with Crippen LogP contribution in [-0.2, 0) is 6.42 Å². The number of hydrogen-bond acceptors (Lipinski definition) is 3. The minimum Gasteiger partial charge on any atom is -0.508 e. The highest BCUT2D eigenvalue weighted by Gasteiger charge is 2.22. The number of thioether (sulfide) groups is 1. The molecule has 134 valence electrons. The Balaban J connectivity index is 1.33. The lowest BCUT2D eigenvalue weighted by molar-refractivity contribution is 0.390. The Morgan fingerprint density at radius 2 is 1.77 bits per heavy atom. The molecule has 1 aliphatic heterocycles. The first-order valence-corrected chi connectivity index (χ1v) is 10.3. The van der Waals surface area contributed by atoms with Gasteiger partial charge >= 0.3 is 0 Å². The summed E-state index contributed by atoms with van der Waals surface area (Å²) in [5.74, 6) is 0.341. The highest BCUT2D eigenvalue weighted by Crippen LogP contribution is 2.32. The molecule has 2 unspecified atom stereocenters. The first-order valence-electron chi connectivity index (χ1n) is 9.43. The van der Waals surface area contributed by atoms with Crippen molar-refractivity contribution in [3.63, 3.8) is 0 Å². The minimum absolute atomic E-state index is 0.341. The topological polar surface area (TPSA) is 32.3 Å². The predicted octanol–water partition coefficient (Wildman–Crippen LogP) is 5.39. The van der Waals surface area contributed by atoms with Crippen molar-refractivity contribution in [2.24, 2.45) is 0 Å². The van der Waals surface area contributed by atoms with Crippen molar-refractivity contribution in [2.45, 2.75) is 41.9 Å². The van der Waals surface area contributed by atoms with Crippen molar-refractivity contribution in [3.8, 4) is 5.75 Å². The van der Waals surface area contributed by atoms with E-state index in [2.05, 4.69) is 47.8 Å². The predicted molar refractivity (Wildman–Crippen MR) is 111 cm³/mol. The first kappa shape index (κ1) is 17.4. The van der Waals surface area contributed by atoms with Gasteiger partial charge in [0.1, 0.15) is 5.75 Å². The van der Waals surface area contributed by atoms with Crippen LogP contribution in [0.5, 0.6) is 5.75 Å². The monoisotopic (exact) mass is 363 g/mol. The molecule has 0 spiro atoms. The lowest BCUT2D eigenvalue weighted by atomic mass is 9.96. The Kier molecular flexibility index (Phi) is 5.47. The number of fused-ring (bicyclic) bond motifs is 1. The molecule has 0 radical (unpaired) electrons. The smallest absolute Gasteiger partial charge is 0.115 e. The second kappa shape index (κ2) is 8.15. The molecule has 1 fully saturated rings. The number of aryl methyl sites for hydroxylation is 1. The van der Waals surface area contributed by atoms with Gasteiger partial charge in [0, 0.05) is 16.2 Å². The molecule has 1 aliphatic rings. The van der Waals surface area contributed by atoms with E-state index in [0.717, 1.165) is 13.0 Å². The summed E-state index contributed by atoms with van der Waals surface area (Å²) in [5, 5.41) is 16.4. The van der Waals surface area contributed by atoms with Crippen molar-refractivity contribution in [1.82, 2.24) is 5.32 Å². The lowest BCUT2D eigenvalue weighted by Gasteiger charge is -2.30. The van der Waals surface area contributed by atoms with Crippen LogP contribution in [0.15, 0.2) is 71.6 Å². The fraction of sp³-hybridized carbons (Fsp3) is 0.304. The van der Waals surface area contributed by atoms with Crippen molar-refractivity contribution in [2.75, 3.05) is 6.54 Å². The quantitative estimate of drug-likeness (QED) is 0.637. The number of benzene rings is 3. The molecular formula is C23H25NOS. The van der Waals surface area contributed by atoms with Gasteiger partial charge < -0.3 is 10.4 Å². The number of phenols is 1. The summed E-state index contributed by atoms with van der Waals surface area (Å²) in [7, 11) is 0. The van der Waals surface area contributed by atoms with E-state index in [-0.39, 0.29) is 0 Å². The SMILES string of the molecule is Oc1ccc(SC2CCNC(CCc3ccc4ccccc4c3)C2)cc1. The van der Waals surface area contributed by atoms with Crippen LogP contribution in [-0.4, -0.2) is 22.9 Å². The minimum atomic E-state index is 0.341. The van der Waals surface area contributed by atoms with Gasteiger partial charge in [0.2, 0.25) is 0 Å². The molecule has 2 N–H and O–H groups in total. The van der Waals surface area contributed by atoms with E-state index in [9.17, 15) is 5.11 Å². The van der Waals surface area contributed by atoms with Crippen molar-refractivity contribution >= 4 is 22.5 Å². The van der Waals surface area contributed by atoms with E-state index in [0.29, 0.717) is 17.0 Å². The maximum atomic E-state index is 9.43. The molecule has 4 rings (SSSR count). The maximum absolute atomic E-state index is 9.43. The summed E-state index contributed by atoms with van der Waals surface area (Å²) < 4.78 is 0. The fourth-order valence-corrected chi connectivity index (χ4v) is 4.99. The van der Waals surface area contributed by atoms with E-state index in [1.54, 1.807) is 12.1 Å². The standard InChI is InChI=1S/C23H25NOS/c25-21-9-11-22(12-10-21)26-23-13-14-24-20(16-23)8-6-17-5-7-18-3-1-2-4-19(18)15-17/h1-5,7,9-12,15,20,23-25H,6,8,13-14,16H2. The molecule has 3 aromatic rings. The molecule has 0 amide bonds. The van der Waals surface area contributed by atoms with Gasteiger partial charge in [-0.15, -0.1) is 11.8 Å². The third-order valence-corrected chi connectivity index (χ3v) is 6.49. The van der Waals surface area contributed by atoms with Crippen LogP contribution in [0.3, 0.4) is 0 Å². The Morgan fingerprint density at radius 1 is 0.962 bits per heavy atom. The van der Waals surface area contributed by atoms with Crippen molar-refractivity contribution in [1.29, 1.82) is 0 Å². The molecule has 1 heterocycles. The second-order valence-electron chi connectivity index (χ2n) is 7.13. The van der Waals surface area contributed by atoms with Gasteiger partial charge in [-0.05, 0) is 72.8 Å². The Bertz CT molecular complexity index is 861. The van der Waals surface area contributed by atoms with Crippen LogP contribution in [0.1, 0.15) is 24.8 Å². The molecule has 0 saturated carbocycles. The van der Waals surface area contributed by atoms with Crippen molar-refractivity contribution < 1.29 is 5.11 Å². The third kappa shape index (κ3) is 4.40. The molecule has 3 aromatic carbocycles.